The predicted molar refractivity (Wildman–Crippen MR) is 95.5 cm³/mol. The first kappa shape index (κ1) is 16.8. The molecule has 0 bridgehead atoms. The molecule has 0 spiro atoms. The molecule has 4 rings (SSSR count). The second kappa shape index (κ2) is 6.60. The maximum absolute atomic E-state index is 13.4. The van der Waals surface area contributed by atoms with Crippen molar-refractivity contribution < 1.29 is 13.7 Å². The van der Waals surface area contributed by atoms with Crippen molar-refractivity contribution in [3.63, 3.8) is 0 Å². The fraction of sp³-hybridized carbons (Fsp3) is 0.111. The molecule has 0 unspecified atom stereocenters. The third-order valence-corrected chi connectivity index (χ3v) is 4.31. The van der Waals surface area contributed by atoms with E-state index in [4.69, 9.17) is 0 Å². The summed E-state index contributed by atoms with van der Waals surface area (Å²) in [6, 6.07) is 10.7. The Morgan fingerprint density at radius 3 is 2.70 bits per heavy atom. The number of aromatic nitrogens is 2. The zero-order chi connectivity index (χ0) is 19.0. The van der Waals surface area contributed by atoms with E-state index in [9.17, 15) is 18.9 Å². The first-order valence-electron chi connectivity index (χ1n) is 8.11. The van der Waals surface area contributed by atoms with E-state index in [2.05, 4.69) is 15.3 Å². The van der Waals surface area contributed by atoms with Crippen molar-refractivity contribution in [2.45, 2.75) is 6.42 Å². The summed E-state index contributed by atoms with van der Waals surface area (Å²) in [5.74, 6) is -2.03. The zero-order valence-electron chi connectivity index (χ0n) is 13.9. The van der Waals surface area contributed by atoms with Crippen molar-refractivity contribution in [2.75, 3.05) is 16.8 Å². The number of rotatable bonds is 4. The molecule has 0 saturated carbocycles. The van der Waals surface area contributed by atoms with E-state index >= 15 is 0 Å². The van der Waals surface area contributed by atoms with Gasteiger partial charge in [0.25, 0.3) is 0 Å². The van der Waals surface area contributed by atoms with Gasteiger partial charge >= 0.3 is 5.69 Å². The second-order valence-electron chi connectivity index (χ2n) is 5.94. The normalized spacial score (nSPS) is 12.7. The average Bonchev–Trinajstić information content (AvgIpc) is 3.08. The molecular weight excluding hydrogens is 356 g/mol. The summed E-state index contributed by atoms with van der Waals surface area (Å²) in [7, 11) is 0. The Balaban J connectivity index is 1.77. The molecule has 9 heteroatoms. The number of hydrogen-bond acceptors (Lipinski definition) is 6. The first-order chi connectivity index (χ1) is 13.0. The highest BCUT2D eigenvalue weighted by atomic mass is 19.2. The van der Waals surface area contributed by atoms with E-state index in [0.29, 0.717) is 6.54 Å². The van der Waals surface area contributed by atoms with Gasteiger partial charge in [0.05, 0.1) is 4.92 Å². The smallest absolute Gasteiger partial charge is 0.334 e. The van der Waals surface area contributed by atoms with Crippen LogP contribution in [0.15, 0.2) is 48.8 Å². The molecule has 7 nitrogen and oxygen atoms in total. The van der Waals surface area contributed by atoms with Gasteiger partial charge in [0.2, 0.25) is 11.6 Å². The fourth-order valence-electron chi connectivity index (χ4n) is 3.10. The quantitative estimate of drug-likeness (QED) is 0.551. The molecule has 0 atom stereocenters. The first-order valence-corrected chi connectivity index (χ1v) is 8.11. The molecule has 136 valence electrons. The Labute approximate surface area is 152 Å². The van der Waals surface area contributed by atoms with Crippen molar-refractivity contribution in [1.29, 1.82) is 0 Å². The van der Waals surface area contributed by atoms with Crippen LogP contribution in [0, 0.1) is 21.7 Å². The van der Waals surface area contributed by atoms with Crippen LogP contribution in [0.1, 0.15) is 5.56 Å². The summed E-state index contributed by atoms with van der Waals surface area (Å²) >= 11 is 0. The van der Waals surface area contributed by atoms with Crippen molar-refractivity contribution >= 4 is 28.7 Å². The molecule has 1 N–H and O–H groups in total. The van der Waals surface area contributed by atoms with Crippen molar-refractivity contribution in [2.24, 2.45) is 0 Å². The van der Waals surface area contributed by atoms with E-state index in [1.807, 2.05) is 24.3 Å². The lowest BCUT2D eigenvalue weighted by molar-refractivity contribution is -0.383. The third-order valence-electron chi connectivity index (χ3n) is 4.31. The molecule has 1 aromatic heterocycles. The van der Waals surface area contributed by atoms with Gasteiger partial charge in [-0.2, -0.15) is 0 Å². The lowest BCUT2D eigenvalue weighted by Crippen LogP contribution is -2.17. The van der Waals surface area contributed by atoms with Gasteiger partial charge in [-0.25, -0.2) is 18.7 Å². The van der Waals surface area contributed by atoms with Crippen LogP contribution in [0.25, 0.3) is 0 Å². The summed E-state index contributed by atoms with van der Waals surface area (Å²) < 4.78 is 26.6. The highest BCUT2D eigenvalue weighted by Gasteiger charge is 2.31. The molecule has 0 fully saturated rings. The number of para-hydroxylation sites is 1. The highest BCUT2D eigenvalue weighted by molar-refractivity contribution is 5.80. The Hall–Kier alpha value is -3.62. The Morgan fingerprint density at radius 1 is 1.11 bits per heavy atom. The Kier molecular flexibility index (Phi) is 4.11. The van der Waals surface area contributed by atoms with Crippen LogP contribution in [0.5, 0.6) is 0 Å². The van der Waals surface area contributed by atoms with Gasteiger partial charge in [-0.05, 0) is 30.2 Å². The lowest BCUT2D eigenvalue weighted by Gasteiger charge is -2.19. The van der Waals surface area contributed by atoms with Crippen molar-refractivity contribution in [3.05, 3.63) is 76.1 Å². The van der Waals surface area contributed by atoms with Crippen LogP contribution >= 0.6 is 0 Å². The van der Waals surface area contributed by atoms with Gasteiger partial charge in [0.15, 0.2) is 11.6 Å². The molecule has 1 aliphatic rings. The number of halogens is 2. The summed E-state index contributed by atoms with van der Waals surface area (Å²) in [5.41, 5.74) is 1.72. The topological polar surface area (TPSA) is 84.2 Å². The number of nitrogens with one attached hydrogen (secondary N) is 1. The molecule has 1 aliphatic heterocycles. The van der Waals surface area contributed by atoms with Gasteiger partial charge < -0.3 is 10.2 Å². The van der Waals surface area contributed by atoms with E-state index in [-0.39, 0.29) is 23.0 Å². The largest absolute Gasteiger partial charge is 0.354 e. The monoisotopic (exact) mass is 369 g/mol. The molecule has 0 amide bonds. The van der Waals surface area contributed by atoms with Crippen LogP contribution in [0.4, 0.5) is 37.5 Å². The van der Waals surface area contributed by atoms with E-state index in [1.54, 1.807) is 4.90 Å². The van der Waals surface area contributed by atoms with Gasteiger partial charge in [-0.15, -0.1) is 0 Å². The molecular formula is C18H13F2N5O2. The summed E-state index contributed by atoms with van der Waals surface area (Å²) in [6.07, 6.45) is 1.94. The minimum absolute atomic E-state index is 0.0969. The second-order valence-corrected chi connectivity index (χ2v) is 5.94. The van der Waals surface area contributed by atoms with Crippen LogP contribution in [0.3, 0.4) is 0 Å². The van der Waals surface area contributed by atoms with Crippen molar-refractivity contribution in [1.82, 2.24) is 9.97 Å². The average molecular weight is 369 g/mol. The maximum Gasteiger partial charge on any atom is 0.354 e. The zero-order valence-corrected chi connectivity index (χ0v) is 13.9. The maximum atomic E-state index is 13.4. The molecule has 0 aliphatic carbocycles. The SMILES string of the molecule is O=[N+]([O-])c1c(Nc2ccc(F)c(F)c2)ncnc1N1CCc2ccccc21. The number of benzene rings is 2. The number of nitrogens with zero attached hydrogens (tertiary/aromatic N) is 4. The van der Waals surface area contributed by atoms with Crippen LogP contribution in [0.2, 0.25) is 0 Å². The third kappa shape index (κ3) is 3.03. The number of anilines is 4. The molecule has 0 saturated heterocycles. The highest BCUT2D eigenvalue weighted by Crippen LogP contribution is 2.40. The minimum atomic E-state index is -1.06. The lowest BCUT2D eigenvalue weighted by atomic mass is 10.2. The van der Waals surface area contributed by atoms with E-state index in [1.165, 1.54) is 12.4 Å². The molecule has 3 aromatic rings. The summed E-state index contributed by atoms with van der Waals surface area (Å²) in [4.78, 5) is 21.0. The molecule has 27 heavy (non-hydrogen) atoms. The van der Waals surface area contributed by atoms with Crippen LogP contribution < -0.4 is 10.2 Å². The fourth-order valence-corrected chi connectivity index (χ4v) is 3.10. The predicted octanol–water partition coefficient (Wildman–Crippen LogP) is 4.10. The molecule has 2 aromatic carbocycles. The Morgan fingerprint density at radius 2 is 1.93 bits per heavy atom. The van der Waals surface area contributed by atoms with Gasteiger partial charge in [0.1, 0.15) is 6.33 Å². The summed E-state index contributed by atoms with van der Waals surface area (Å²) in [5, 5.41) is 14.4. The molecule has 0 radical (unpaired) electrons. The minimum Gasteiger partial charge on any atom is -0.334 e. The van der Waals surface area contributed by atoms with Gasteiger partial charge in [0, 0.05) is 24.0 Å². The van der Waals surface area contributed by atoms with E-state index < -0.39 is 16.6 Å². The van der Waals surface area contributed by atoms with Crippen LogP contribution in [-0.4, -0.2) is 21.4 Å². The molecule has 2 heterocycles. The number of fused-ring (bicyclic) bond motifs is 1. The number of hydrogen-bond donors (Lipinski definition) is 1. The van der Waals surface area contributed by atoms with Gasteiger partial charge in [-0.3, -0.25) is 10.1 Å². The van der Waals surface area contributed by atoms with Gasteiger partial charge in [-0.1, -0.05) is 18.2 Å². The Bertz CT molecular complexity index is 1040. The number of nitro groups is 1. The standard InChI is InChI=1S/C18H13F2N5O2/c19-13-6-5-12(9-14(13)20)23-17-16(25(26)27)18(22-10-21-17)24-8-7-11-3-1-2-4-15(11)24/h1-6,9-10H,7-8H2,(H,21,22,23). The van der Waals surface area contributed by atoms with Crippen LogP contribution in [-0.2, 0) is 6.42 Å². The van der Waals surface area contributed by atoms with E-state index in [0.717, 1.165) is 29.8 Å². The summed E-state index contributed by atoms with van der Waals surface area (Å²) in [6.45, 7) is 0.543. The van der Waals surface area contributed by atoms with Crippen molar-refractivity contribution in [3.8, 4) is 0 Å².